The number of hydrogen-bond acceptors (Lipinski definition) is 5. The summed E-state index contributed by atoms with van der Waals surface area (Å²) in [6, 6.07) is 15.8. The molecular formula is C22H22ClN5O. The number of hydrogen-bond donors (Lipinski definition) is 3. The summed E-state index contributed by atoms with van der Waals surface area (Å²) >= 11 is 6.23. The number of benzene rings is 2. The van der Waals surface area contributed by atoms with Crippen LogP contribution in [0.25, 0.3) is 22.2 Å². The van der Waals surface area contributed by atoms with E-state index in [4.69, 9.17) is 16.6 Å². The third-order valence-corrected chi connectivity index (χ3v) is 5.98. The fourth-order valence-corrected chi connectivity index (χ4v) is 4.51. The highest BCUT2D eigenvalue weighted by Crippen LogP contribution is 2.30. The summed E-state index contributed by atoms with van der Waals surface area (Å²) < 4.78 is 0. The Bertz CT molecular complexity index is 1060. The summed E-state index contributed by atoms with van der Waals surface area (Å²) in [6.07, 6.45) is 3.84. The number of halogens is 1. The molecule has 1 aliphatic heterocycles. The number of amides is 1. The van der Waals surface area contributed by atoms with Crippen molar-refractivity contribution in [3.63, 3.8) is 0 Å². The van der Waals surface area contributed by atoms with Crippen LogP contribution in [0.1, 0.15) is 25.7 Å². The van der Waals surface area contributed by atoms with Gasteiger partial charge in [0.15, 0.2) is 6.29 Å². The molecule has 2 heterocycles. The van der Waals surface area contributed by atoms with Crippen molar-refractivity contribution in [1.29, 1.82) is 0 Å². The Hall–Kier alpha value is -2.70. The van der Waals surface area contributed by atoms with E-state index in [9.17, 15) is 4.79 Å². The topological polar surface area (TPSA) is 78.9 Å². The van der Waals surface area contributed by atoms with Crippen molar-refractivity contribution >= 4 is 34.4 Å². The lowest BCUT2D eigenvalue weighted by Gasteiger charge is -2.40. The van der Waals surface area contributed by atoms with Crippen molar-refractivity contribution in [3.05, 3.63) is 53.6 Å². The summed E-state index contributed by atoms with van der Waals surface area (Å²) in [5.74, 6) is 0.619. The predicted molar refractivity (Wildman–Crippen MR) is 114 cm³/mol. The van der Waals surface area contributed by atoms with Crippen molar-refractivity contribution in [2.75, 3.05) is 5.32 Å². The van der Waals surface area contributed by atoms with Crippen molar-refractivity contribution < 1.29 is 4.79 Å². The quantitative estimate of drug-likeness (QED) is 0.613. The average molecular weight is 408 g/mol. The third-order valence-electron chi connectivity index (χ3n) is 5.75. The highest BCUT2D eigenvalue weighted by atomic mass is 35.5. The molecule has 1 amide bonds. The van der Waals surface area contributed by atoms with E-state index in [-0.39, 0.29) is 17.9 Å². The fraction of sp³-hybridized carbons (Fsp3) is 0.318. The normalized spacial score (nSPS) is 24.0. The summed E-state index contributed by atoms with van der Waals surface area (Å²) in [5.41, 5.74) is 2.58. The average Bonchev–Trinajstić information content (AvgIpc) is 2.74. The number of carbonyl (C=O) groups excluding carboxylic acids is 1. The number of carbonyl (C=O) groups is 1. The lowest BCUT2D eigenvalue weighted by molar-refractivity contribution is -0.130. The first-order chi connectivity index (χ1) is 14.2. The molecule has 1 aromatic heterocycles. The van der Waals surface area contributed by atoms with Gasteiger partial charge in [-0.15, -0.1) is 0 Å². The van der Waals surface area contributed by atoms with Crippen LogP contribution < -0.4 is 16.0 Å². The van der Waals surface area contributed by atoms with Gasteiger partial charge in [-0.1, -0.05) is 54.8 Å². The van der Waals surface area contributed by atoms with E-state index < -0.39 is 6.29 Å². The maximum Gasteiger partial charge on any atom is 0.227 e. The SMILES string of the molecule is O=C1NC(Nc2nc(-c3ccccc3)c3cc(Cl)ccc3n2)NC2CCCCC12. The molecule has 2 aromatic carbocycles. The summed E-state index contributed by atoms with van der Waals surface area (Å²) in [6.45, 7) is 0. The van der Waals surface area contributed by atoms with Crippen molar-refractivity contribution in [2.24, 2.45) is 5.92 Å². The Kier molecular flexibility index (Phi) is 4.81. The second kappa shape index (κ2) is 7.61. The van der Waals surface area contributed by atoms with Gasteiger partial charge in [-0.05, 0) is 31.0 Å². The molecule has 2 fully saturated rings. The highest BCUT2D eigenvalue weighted by Gasteiger charge is 2.37. The molecule has 1 aliphatic carbocycles. The van der Waals surface area contributed by atoms with E-state index in [0.717, 1.165) is 47.8 Å². The number of fused-ring (bicyclic) bond motifs is 2. The number of aromatic nitrogens is 2. The van der Waals surface area contributed by atoms with Crippen LogP contribution in [0.5, 0.6) is 0 Å². The molecule has 7 heteroatoms. The molecule has 1 saturated heterocycles. The summed E-state index contributed by atoms with van der Waals surface area (Å²) in [4.78, 5) is 21.9. The largest absolute Gasteiger partial charge is 0.323 e. The molecule has 1 saturated carbocycles. The van der Waals surface area contributed by atoms with Crippen LogP contribution in [-0.4, -0.2) is 28.2 Å². The second-order valence-electron chi connectivity index (χ2n) is 7.67. The van der Waals surface area contributed by atoms with Gasteiger partial charge in [-0.2, -0.15) is 0 Å². The van der Waals surface area contributed by atoms with Crippen LogP contribution in [0, 0.1) is 5.92 Å². The van der Waals surface area contributed by atoms with Crippen LogP contribution in [0.3, 0.4) is 0 Å². The van der Waals surface area contributed by atoms with Gasteiger partial charge in [0, 0.05) is 22.0 Å². The molecule has 6 nitrogen and oxygen atoms in total. The van der Waals surface area contributed by atoms with Crippen molar-refractivity contribution in [2.45, 2.75) is 38.0 Å². The summed E-state index contributed by atoms with van der Waals surface area (Å²) in [5, 5.41) is 11.3. The van der Waals surface area contributed by atoms with Crippen LogP contribution >= 0.6 is 11.6 Å². The molecule has 0 spiro atoms. The Balaban J connectivity index is 1.49. The maximum absolute atomic E-state index is 12.5. The maximum atomic E-state index is 12.5. The van der Waals surface area contributed by atoms with Gasteiger partial charge >= 0.3 is 0 Å². The highest BCUT2D eigenvalue weighted by molar-refractivity contribution is 6.31. The summed E-state index contributed by atoms with van der Waals surface area (Å²) in [7, 11) is 0. The standard InChI is InChI=1S/C22H22ClN5O/c23-14-10-11-18-16(12-14)19(13-6-2-1-3-7-13)26-21(25-18)28-22-24-17-9-5-4-8-15(17)20(29)27-22/h1-3,6-7,10-12,15,17,22,24H,4-5,8-9H2,(H,27,29)(H,25,26,28). The molecule has 29 heavy (non-hydrogen) atoms. The molecule has 3 aromatic rings. The first-order valence-electron chi connectivity index (χ1n) is 10.0. The minimum absolute atomic E-state index is 0.0568. The van der Waals surface area contributed by atoms with Crippen LogP contribution in [-0.2, 0) is 4.79 Å². The predicted octanol–water partition coefficient (Wildman–Crippen LogP) is 3.92. The van der Waals surface area contributed by atoms with Gasteiger partial charge in [-0.25, -0.2) is 9.97 Å². The Labute approximate surface area is 174 Å². The van der Waals surface area contributed by atoms with Gasteiger partial charge < -0.3 is 10.6 Å². The lowest BCUT2D eigenvalue weighted by atomic mass is 9.83. The molecule has 148 valence electrons. The number of rotatable bonds is 3. The first-order valence-corrected chi connectivity index (χ1v) is 10.4. The minimum Gasteiger partial charge on any atom is -0.323 e. The van der Waals surface area contributed by atoms with E-state index in [1.165, 1.54) is 0 Å². The molecule has 2 aliphatic rings. The van der Waals surface area contributed by atoms with Crippen molar-refractivity contribution in [1.82, 2.24) is 20.6 Å². The zero-order valence-corrected chi connectivity index (χ0v) is 16.6. The molecule has 3 unspecified atom stereocenters. The second-order valence-corrected chi connectivity index (χ2v) is 8.11. The number of anilines is 1. The van der Waals surface area contributed by atoms with Gasteiger partial charge in [0.05, 0.1) is 17.1 Å². The van der Waals surface area contributed by atoms with Gasteiger partial charge in [-0.3, -0.25) is 10.1 Å². The van der Waals surface area contributed by atoms with Crippen LogP contribution in [0.2, 0.25) is 5.02 Å². The monoisotopic (exact) mass is 407 g/mol. The van der Waals surface area contributed by atoms with Gasteiger partial charge in [0.2, 0.25) is 11.9 Å². The molecule has 0 radical (unpaired) electrons. The Morgan fingerprint density at radius 1 is 1.03 bits per heavy atom. The van der Waals surface area contributed by atoms with E-state index in [1.54, 1.807) is 0 Å². The molecule has 0 bridgehead atoms. The van der Waals surface area contributed by atoms with Crippen LogP contribution in [0.4, 0.5) is 5.95 Å². The smallest absolute Gasteiger partial charge is 0.227 e. The van der Waals surface area contributed by atoms with E-state index in [2.05, 4.69) is 20.9 Å². The zero-order valence-electron chi connectivity index (χ0n) is 15.9. The minimum atomic E-state index is -0.393. The number of nitrogens with one attached hydrogen (secondary N) is 3. The van der Waals surface area contributed by atoms with Gasteiger partial charge in [0.1, 0.15) is 0 Å². The Morgan fingerprint density at radius 3 is 2.72 bits per heavy atom. The number of nitrogens with zero attached hydrogens (tertiary/aromatic N) is 2. The zero-order chi connectivity index (χ0) is 19.8. The first kappa shape index (κ1) is 18.3. The molecular weight excluding hydrogens is 386 g/mol. The van der Waals surface area contributed by atoms with Gasteiger partial charge in [0.25, 0.3) is 0 Å². The van der Waals surface area contributed by atoms with E-state index in [1.807, 2.05) is 48.5 Å². The third kappa shape index (κ3) is 3.66. The van der Waals surface area contributed by atoms with Crippen molar-refractivity contribution in [3.8, 4) is 11.3 Å². The molecule has 5 rings (SSSR count). The fourth-order valence-electron chi connectivity index (χ4n) is 4.34. The van der Waals surface area contributed by atoms with E-state index in [0.29, 0.717) is 11.0 Å². The Morgan fingerprint density at radius 2 is 1.86 bits per heavy atom. The molecule has 3 N–H and O–H groups in total. The van der Waals surface area contributed by atoms with E-state index >= 15 is 0 Å². The lowest BCUT2D eigenvalue weighted by Crippen LogP contribution is -2.64. The molecule has 3 atom stereocenters. The van der Waals surface area contributed by atoms with Crippen LogP contribution in [0.15, 0.2) is 48.5 Å².